The van der Waals surface area contributed by atoms with E-state index < -0.39 is 22.8 Å². The van der Waals surface area contributed by atoms with Gasteiger partial charge in [0.15, 0.2) is 0 Å². The molecule has 1 aromatic rings. The van der Waals surface area contributed by atoms with E-state index >= 15 is 0 Å². The van der Waals surface area contributed by atoms with Crippen molar-refractivity contribution in [3.63, 3.8) is 0 Å². The molecule has 0 spiro atoms. The summed E-state index contributed by atoms with van der Waals surface area (Å²) in [6.07, 6.45) is -4.55. The molecule has 0 aliphatic carbocycles. The molecule has 0 aromatic heterocycles. The number of alkyl halides is 3. The molecule has 118 valence electrons. The number of nitrogens with zero attached hydrogens (tertiary/aromatic N) is 1. The maximum Gasteiger partial charge on any atom is 0.417 e. The van der Waals surface area contributed by atoms with E-state index in [0.29, 0.717) is 26.2 Å². The van der Waals surface area contributed by atoms with Crippen molar-refractivity contribution in [3.05, 3.63) is 28.8 Å². The van der Waals surface area contributed by atoms with Crippen LogP contribution in [0.3, 0.4) is 0 Å². The smallest absolute Gasteiger partial charge is 0.322 e. The van der Waals surface area contributed by atoms with E-state index in [-0.39, 0.29) is 18.1 Å². The van der Waals surface area contributed by atoms with E-state index in [0.717, 1.165) is 12.1 Å². The van der Waals surface area contributed by atoms with Gasteiger partial charge >= 0.3 is 12.2 Å². The van der Waals surface area contributed by atoms with Crippen molar-refractivity contribution in [1.29, 1.82) is 0 Å². The van der Waals surface area contributed by atoms with Crippen LogP contribution in [0.15, 0.2) is 18.2 Å². The molecule has 0 unspecified atom stereocenters. The summed E-state index contributed by atoms with van der Waals surface area (Å²) < 4.78 is 38.1. The van der Waals surface area contributed by atoms with Crippen molar-refractivity contribution in [1.82, 2.24) is 10.2 Å². The fraction of sp³-hybridized carbons (Fsp3) is 0.417. The number of urea groups is 1. The van der Waals surface area contributed by atoms with Crippen LogP contribution in [0.5, 0.6) is 0 Å². The zero-order valence-corrected chi connectivity index (χ0v) is 12.4. The molecular weight excluding hydrogens is 330 g/mol. The van der Waals surface area contributed by atoms with Gasteiger partial charge in [0.05, 0.1) is 10.6 Å². The Bertz CT molecular complexity index is 505. The number of rotatable bonds is 1. The number of benzene rings is 1. The summed E-state index contributed by atoms with van der Waals surface area (Å²) >= 11 is 5.51. The lowest BCUT2D eigenvalue weighted by atomic mass is 10.2. The average molecular weight is 344 g/mol. The third-order valence-electron chi connectivity index (χ3n) is 2.93. The lowest BCUT2D eigenvalue weighted by molar-refractivity contribution is -0.137. The molecule has 2 rings (SSSR count). The summed E-state index contributed by atoms with van der Waals surface area (Å²) in [7, 11) is 0. The first-order chi connectivity index (χ1) is 9.38. The quantitative estimate of drug-likeness (QED) is 0.822. The third-order valence-corrected chi connectivity index (χ3v) is 3.26. The highest BCUT2D eigenvalue weighted by atomic mass is 35.5. The number of hydrogen-bond acceptors (Lipinski definition) is 2. The maximum absolute atomic E-state index is 12.7. The predicted octanol–water partition coefficient (Wildman–Crippen LogP) is 3.22. The molecule has 1 aromatic carbocycles. The number of hydrogen-bond donors (Lipinski definition) is 2. The average Bonchev–Trinajstić information content (AvgIpc) is 2.40. The zero-order valence-electron chi connectivity index (χ0n) is 10.8. The molecule has 1 fully saturated rings. The minimum Gasteiger partial charge on any atom is -0.322 e. The summed E-state index contributed by atoms with van der Waals surface area (Å²) in [5.41, 5.74) is -0.887. The van der Waals surface area contributed by atoms with Crippen molar-refractivity contribution < 1.29 is 18.0 Å². The molecule has 1 heterocycles. The molecule has 0 atom stereocenters. The molecule has 0 saturated carbocycles. The van der Waals surface area contributed by atoms with Crippen LogP contribution in [0, 0.1) is 0 Å². The number of piperazine rings is 1. The molecule has 1 aliphatic heterocycles. The lowest BCUT2D eigenvalue weighted by Gasteiger charge is -2.27. The third kappa shape index (κ3) is 4.66. The highest BCUT2D eigenvalue weighted by molar-refractivity contribution is 6.31. The molecule has 4 nitrogen and oxygen atoms in total. The monoisotopic (exact) mass is 343 g/mol. The van der Waals surface area contributed by atoms with Gasteiger partial charge in [-0.1, -0.05) is 11.6 Å². The number of nitrogens with one attached hydrogen (secondary N) is 2. The van der Waals surface area contributed by atoms with Crippen LogP contribution in [-0.4, -0.2) is 37.1 Å². The second-order valence-electron chi connectivity index (χ2n) is 4.36. The first kappa shape index (κ1) is 17.9. The van der Waals surface area contributed by atoms with Gasteiger partial charge in [0, 0.05) is 31.9 Å². The van der Waals surface area contributed by atoms with Gasteiger partial charge in [0.2, 0.25) is 0 Å². The molecule has 1 aliphatic rings. The number of carbonyl (C=O) groups is 1. The van der Waals surface area contributed by atoms with Gasteiger partial charge in [-0.2, -0.15) is 13.2 Å². The first-order valence-electron chi connectivity index (χ1n) is 6.01. The molecule has 21 heavy (non-hydrogen) atoms. The Kier molecular flexibility index (Phi) is 6.12. The summed E-state index contributed by atoms with van der Waals surface area (Å²) in [6.45, 7) is 2.38. The minimum absolute atomic E-state index is 0. The van der Waals surface area contributed by atoms with Gasteiger partial charge in [-0.15, -0.1) is 12.4 Å². The number of carbonyl (C=O) groups excluding carboxylic acids is 1. The molecule has 1 saturated heterocycles. The molecule has 9 heteroatoms. The summed E-state index contributed by atoms with van der Waals surface area (Å²) in [4.78, 5) is 13.4. The van der Waals surface area contributed by atoms with Crippen LogP contribution in [-0.2, 0) is 6.18 Å². The Morgan fingerprint density at radius 3 is 2.48 bits per heavy atom. The normalized spacial score (nSPS) is 15.3. The molecule has 0 radical (unpaired) electrons. The highest BCUT2D eigenvalue weighted by Crippen LogP contribution is 2.36. The van der Waals surface area contributed by atoms with E-state index in [1.54, 1.807) is 4.90 Å². The Morgan fingerprint density at radius 1 is 1.29 bits per heavy atom. The van der Waals surface area contributed by atoms with E-state index in [4.69, 9.17) is 11.6 Å². The van der Waals surface area contributed by atoms with Crippen LogP contribution in [0.1, 0.15) is 5.56 Å². The standard InChI is InChI=1S/C12H13ClF3N3O.ClH/c13-10-2-1-8(7-9(10)12(14,15)16)18-11(20)19-5-3-17-4-6-19;/h1-2,7,17H,3-6H2,(H,18,20);1H. The van der Waals surface area contributed by atoms with E-state index in [1.165, 1.54) is 6.07 Å². The lowest BCUT2D eigenvalue weighted by Crippen LogP contribution is -2.48. The van der Waals surface area contributed by atoms with Crippen LogP contribution in [0.4, 0.5) is 23.7 Å². The topological polar surface area (TPSA) is 44.4 Å². The molecule has 2 amide bonds. The first-order valence-corrected chi connectivity index (χ1v) is 6.39. The van der Waals surface area contributed by atoms with Gasteiger partial charge in [-0.3, -0.25) is 0 Å². The molecule has 0 bridgehead atoms. The second kappa shape index (κ2) is 7.20. The van der Waals surface area contributed by atoms with E-state index in [2.05, 4.69) is 10.6 Å². The Morgan fingerprint density at radius 2 is 1.90 bits per heavy atom. The minimum atomic E-state index is -4.55. The van der Waals surface area contributed by atoms with Gasteiger partial charge in [-0.25, -0.2) is 4.79 Å². The SMILES string of the molecule is Cl.O=C(Nc1ccc(Cl)c(C(F)(F)F)c1)N1CCNCC1. The highest BCUT2D eigenvalue weighted by Gasteiger charge is 2.33. The Balaban J connectivity index is 0.00000220. The van der Waals surface area contributed by atoms with Crippen LogP contribution >= 0.6 is 24.0 Å². The number of halogens is 5. The van der Waals surface area contributed by atoms with Crippen molar-refractivity contribution in [3.8, 4) is 0 Å². The van der Waals surface area contributed by atoms with Gasteiger partial charge < -0.3 is 15.5 Å². The summed E-state index contributed by atoms with van der Waals surface area (Å²) in [5.74, 6) is 0. The Labute approximate surface area is 131 Å². The Hall–Kier alpha value is -1.18. The largest absolute Gasteiger partial charge is 0.417 e. The number of anilines is 1. The summed E-state index contributed by atoms with van der Waals surface area (Å²) in [6, 6.07) is 2.89. The fourth-order valence-corrected chi connectivity index (χ4v) is 2.12. The van der Waals surface area contributed by atoms with Crippen LogP contribution in [0.2, 0.25) is 5.02 Å². The van der Waals surface area contributed by atoms with E-state index in [9.17, 15) is 18.0 Å². The maximum atomic E-state index is 12.7. The summed E-state index contributed by atoms with van der Waals surface area (Å²) in [5, 5.41) is 5.14. The molecular formula is C12H14Cl2F3N3O. The van der Waals surface area contributed by atoms with Crippen molar-refractivity contribution >= 4 is 35.7 Å². The predicted molar refractivity (Wildman–Crippen MR) is 77.2 cm³/mol. The van der Waals surface area contributed by atoms with Gasteiger partial charge in [-0.05, 0) is 18.2 Å². The van der Waals surface area contributed by atoms with Crippen molar-refractivity contribution in [2.24, 2.45) is 0 Å². The number of amides is 2. The van der Waals surface area contributed by atoms with Crippen LogP contribution < -0.4 is 10.6 Å². The van der Waals surface area contributed by atoms with Crippen molar-refractivity contribution in [2.45, 2.75) is 6.18 Å². The van der Waals surface area contributed by atoms with Crippen LogP contribution in [0.25, 0.3) is 0 Å². The molecule has 2 N–H and O–H groups in total. The second-order valence-corrected chi connectivity index (χ2v) is 4.77. The van der Waals surface area contributed by atoms with Gasteiger partial charge in [0.25, 0.3) is 0 Å². The fourth-order valence-electron chi connectivity index (χ4n) is 1.89. The van der Waals surface area contributed by atoms with Crippen molar-refractivity contribution in [2.75, 3.05) is 31.5 Å². The zero-order chi connectivity index (χ0) is 14.8. The van der Waals surface area contributed by atoms with E-state index in [1.807, 2.05) is 0 Å². The van der Waals surface area contributed by atoms with Gasteiger partial charge in [0.1, 0.15) is 0 Å².